The predicted octanol–water partition coefficient (Wildman–Crippen LogP) is 2.47. The summed E-state index contributed by atoms with van der Waals surface area (Å²) in [7, 11) is 0. The zero-order chi connectivity index (χ0) is 11.5. The van der Waals surface area contributed by atoms with Gasteiger partial charge in [0.25, 0.3) is 0 Å². The van der Waals surface area contributed by atoms with Crippen molar-refractivity contribution < 1.29 is 0 Å². The number of hydrogen-bond donors (Lipinski definition) is 1. The van der Waals surface area contributed by atoms with E-state index in [-0.39, 0.29) is 12.4 Å². The number of nitrogens with zero attached hydrogens (tertiary/aromatic N) is 1. The molecule has 3 rings (SSSR count). The number of rotatable bonds is 2. The van der Waals surface area contributed by atoms with E-state index in [1.165, 1.54) is 52.0 Å². The van der Waals surface area contributed by atoms with Crippen LogP contribution in [0.5, 0.6) is 0 Å². The van der Waals surface area contributed by atoms with Crippen molar-refractivity contribution in [3.05, 3.63) is 35.4 Å². The van der Waals surface area contributed by atoms with Crippen LogP contribution >= 0.6 is 12.4 Å². The van der Waals surface area contributed by atoms with E-state index in [4.69, 9.17) is 0 Å². The lowest BCUT2D eigenvalue weighted by Crippen LogP contribution is -2.38. The van der Waals surface area contributed by atoms with Gasteiger partial charge in [0.1, 0.15) is 0 Å². The molecule has 1 aromatic carbocycles. The molecule has 1 fully saturated rings. The molecule has 2 nitrogen and oxygen atoms in total. The first kappa shape index (κ1) is 13.9. The van der Waals surface area contributed by atoms with Crippen LogP contribution in [0.1, 0.15) is 24.0 Å². The van der Waals surface area contributed by atoms with Crippen molar-refractivity contribution in [1.29, 1.82) is 0 Å². The molecule has 0 saturated carbocycles. The van der Waals surface area contributed by atoms with Gasteiger partial charge in [0, 0.05) is 19.6 Å². The van der Waals surface area contributed by atoms with E-state index < -0.39 is 0 Å². The topological polar surface area (TPSA) is 15.3 Å². The molecule has 3 heteroatoms. The molecule has 0 radical (unpaired) electrons. The van der Waals surface area contributed by atoms with E-state index in [9.17, 15) is 0 Å². The summed E-state index contributed by atoms with van der Waals surface area (Å²) in [6, 6.07) is 8.93. The zero-order valence-corrected chi connectivity index (χ0v) is 11.7. The molecular weight excluding hydrogens is 244 g/mol. The summed E-state index contributed by atoms with van der Waals surface area (Å²) in [5, 5.41) is 3.45. The monoisotopic (exact) mass is 266 g/mol. The van der Waals surface area contributed by atoms with E-state index in [1.807, 2.05) is 0 Å². The summed E-state index contributed by atoms with van der Waals surface area (Å²) in [5.74, 6) is 0.918. The molecule has 18 heavy (non-hydrogen) atoms. The number of hydrogen-bond acceptors (Lipinski definition) is 2. The first-order chi connectivity index (χ1) is 8.42. The van der Waals surface area contributed by atoms with E-state index in [2.05, 4.69) is 34.5 Å². The van der Waals surface area contributed by atoms with Crippen molar-refractivity contribution in [2.24, 2.45) is 5.92 Å². The van der Waals surface area contributed by atoms with Crippen LogP contribution in [0.15, 0.2) is 24.3 Å². The Balaban J connectivity index is 0.00000120. The van der Waals surface area contributed by atoms with Gasteiger partial charge < -0.3 is 5.32 Å². The highest BCUT2D eigenvalue weighted by Crippen LogP contribution is 2.21. The second-order valence-corrected chi connectivity index (χ2v) is 5.45. The van der Waals surface area contributed by atoms with Crippen molar-refractivity contribution >= 4 is 12.4 Å². The van der Waals surface area contributed by atoms with Gasteiger partial charge in [-0.05, 0) is 49.4 Å². The summed E-state index contributed by atoms with van der Waals surface area (Å²) >= 11 is 0. The van der Waals surface area contributed by atoms with Crippen LogP contribution in [0.2, 0.25) is 0 Å². The molecule has 2 heterocycles. The normalized spacial score (nSPS) is 21.1. The van der Waals surface area contributed by atoms with Crippen LogP contribution in [0.25, 0.3) is 0 Å². The molecule has 0 amide bonds. The summed E-state index contributed by atoms with van der Waals surface area (Å²) in [5.41, 5.74) is 3.11. The number of piperidine rings is 1. The summed E-state index contributed by atoms with van der Waals surface area (Å²) in [6.07, 6.45) is 3.96. The standard InChI is InChI=1S/C15H22N2.ClH/c1-2-4-15-12-17(10-7-14(15)3-1)11-13-5-8-16-9-6-13;/h1-4,13,16H,5-12H2;1H. The fraction of sp³-hybridized carbons (Fsp3) is 0.600. The summed E-state index contributed by atoms with van der Waals surface area (Å²) < 4.78 is 0. The summed E-state index contributed by atoms with van der Waals surface area (Å²) in [4.78, 5) is 2.65. The van der Waals surface area contributed by atoms with Crippen LogP contribution in [-0.2, 0) is 13.0 Å². The highest BCUT2D eigenvalue weighted by molar-refractivity contribution is 5.85. The van der Waals surface area contributed by atoms with E-state index in [1.54, 1.807) is 11.1 Å². The minimum absolute atomic E-state index is 0. The fourth-order valence-electron chi connectivity index (χ4n) is 3.14. The van der Waals surface area contributed by atoms with Gasteiger partial charge in [0.15, 0.2) is 0 Å². The molecule has 0 spiro atoms. The number of fused-ring (bicyclic) bond motifs is 1. The van der Waals surface area contributed by atoms with Crippen LogP contribution in [-0.4, -0.2) is 31.1 Å². The Labute approximate surface area is 116 Å². The van der Waals surface area contributed by atoms with Gasteiger partial charge in [-0.3, -0.25) is 4.90 Å². The molecule has 0 unspecified atom stereocenters. The van der Waals surface area contributed by atoms with Gasteiger partial charge in [-0.2, -0.15) is 0 Å². The lowest BCUT2D eigenvalue weighted by atomic mass is 9.95. The fourth-order valence-corrected chi connectivity index (χ4v) is 3.14. The molecule has 1 saturated heterocycles. The van der Waals surface area contributed by atoms with Gasteiger partial charge in [-0.15, -0.1) is 12.4 Å². The Morgan fingerprint density at radius 3 is 2.61 bits per heavy atom. The molecule has 0 aliphatic carbocycles. The van der Waals surface area contributed by atoms with E-state index in [0.29, 0.717) is 0 Å². The zero-order valence-electron chi connectivity index (χ0n) is 10.9. The maximum atomic E-state index is 3.45. The average Bonchev–Trinajstić information content (AvgIpc) is 2.40. The lowest BCUT2D eigenvalue weighted by molar-refractivity contribution is 0.191. The van der Waals surface area contributed by atoms with Crippen molar-refractivity contribution in [3.63, 3.8) is 0 Å². The Hall–Kier alpha value is -0.570. The predicted molar refractivity (Wildman–Crippen MR) is 78.3 cm³/mol. The lowest BCUT2D eigenvalue weighted by Gasteiger charge is -2.33. The molecule has 0 atom stereocenters. The molecule has 1 aromatic rings. The Morgan fingerprint density at radius 2 is 1.83 bits per heavy atom. The second kappa shape index (κ2) is 6.55. The molecular formula is C15H23ClN2. The number of nitrogens with one attached hydrogen (secondary N) is 1. The number of benzene rings is 1. The molecule has 2 aliphatic heterocycles. The van der Waals surface area contributed by atoms with Crippen LogP contribution < -0.4 is 5.32 Å². The molecule has 100 valence electrons. The first-order valence-electron chi connectivity index (χ1n) is 6.91. The van der Waals surface area contributed by atoms with Crippen LogP contribution in [0.4, 0.5) is 0 Å². The highest BCUT2D eigenvalue weighted by Gasteiger charge is 2.20. The maximum absolute atomic E-state index is 3.45. The van der Waals surface area contributed by atoms with Crippen molar-refractivity contribution in [3.8, 4) is 0 Å². The molecule has 0 bridgehead atoms. The Morgan fingerprint density at radius 1 is 1.11 bits per heavy atom. The third-order valence-electron chi connectivity index (χ3n) is 4.18. The van der Waals surface area contributed by atoms with E-state index in [0.717, 1.165) is 5.92 Å². The highest BCUT2D eigenvalue weighted by atomic mass is 35.5. The Bertz CT molecular complexity index is 375. The SMILES string of the molecule is Cl.c1ccc2c(c1)CCN(CC1CCNCC1)C2. The first-order valence-corrected chi connectivity index (χ1v) is 6.91. The van der Waals surface area contributed by atoms with Crippen molar-refractivity contribution in [1.82, 2.24) is 10.2 Å². The van der Waals surface area contributed by atoms with Crippen LogP contribution in [0.3, 0.4) is 0 Å². The molecule has 0 aromatic heterocycles. The quantitative estimate of drug-likeness (QED) is 0.885. The number of halogens is 1. The third kappa shape index (κ3) is 3.25. The summed E-state index contributed by atoms with van der Waals surface area (Å²) in [6.45, 7) is 6.15. The second-order valence-electron chi connectivity index (χ2n) is 5.45. The van der Waals surface area contributed by atoms with Crippen molar-refractivity contribution in [2.75, 3.05) is 26.2 Å². The minimum Gasteiger partial charge on any atom is -0.317 e. The van der Waals surface area contributed by atoms with Crippen molar-refractivity contribution in [2.45, 2.75) is 25.8 Å². The minimum atomic E-state index is 0. The largest absolute Gasteiger partial charge is 0.317 e. The van der Waals surface area contributed by atoms with Crippen LogP contribution in [0, 0.1) is 5.92 Å². The maximum Gasteiger partial charge on any atom is 0.0236 e. The van der Waals surface area contributed by atoms with Gasteiger partial charge in [-0.1, -0.05) is 24.3 Å². The third-order valence-corrected chi connectivity index (χ3v) is 4.18. The Kier molecular flexibility index (Phi) is 5.04. The molecule has 1 N–H and O–H groups in total. The average molecular weight is 267 g/mol. The van der Waals surface area contributed by atoms with Gasteiger partial charge in [-0.25, -0.2) is 0 Å². The van der Waals surface area contributed by atoms with Gasteiger partial charge >= 0.3 is 0 Å². The smallest absolute Gasteiger partial charge is 0.0236 e. The van der Waals surface area contributed by atoms with Gasteiger partial charge in [0.05, 0.1) is 0 Å². The van der Waals surface area contributed by atoms with E-state index >= 15 is 0 Å². The molecule has 2 aliphatic rings. The van der Waals surface area contributed by atoms with Gasteiger partial charge in [0.2, 0.25) is 0 Å².